The number of nitrogens with one attached hydrogen (secondary N) is 4. The number of carbonyl (C=O) groups is 5. The largest absolute Gasteiger partial charge is 0.446 e. The van der Waals surface area contributed by atoms with Gasteiger partial charge in [-0.15, -0.1) is 0 Å². The van der Waals surface area contributed by atoms with Gasteiger partial charge in [0.1, 0.15) is 12.1 Å². The third-order valence-electron chi connectivity index (χ3n) is 12.6. The number of hydrogen-bond donors (Lipinski definition) is 4. The maximum Gasteiger partial charge on any atom is 0.407 e. The highest BCUT2D eigenvalue weighted by atomic mass is 28.1. The van der Waals surface area contributed by atoms with Crippen LogP contribution in [0, 0.1) is 11.8 Å². The molecule has 3 aromatic rings. The Morgan fingerprint density at radius 3 is 2.36 bits per heavy atom. The first kappa shape index (κ1) is 40.6. The number of anilines is 3. The Morgan fingerprint density at radius 1 is 0.898 bits per heavy atom. The zero-order valence-corrected chi connectivity index (χ0v) is 34.9. The minimum absolute atomic E-state index is 0.0113. The molecule has 2 aromatic carbocycles. The molecule has 4 atom stereocenters. The average molecular weight is 821 g/mol. The summed E-state index contributed by atoms with van der Waals surface area (Å²) >= 11 is 0. The minimum Gasteiger partial charge on any atom is -0.446 e. The van der Waals surface area contributed by atoms with Crippen molar-refractivity contribution in [3.63, 3.8) is 0 Å². The Hall–Kier alpha value is -5.22. The number of piperidine rings is 2. The SMILES string of the molecule is CC(C)NC(=O)O[C@@H]1CCC([C@H]([Si])c2cc(NC(=O)c3ccc(N4CCN(CC5CCN(c6ccc7c(c6)CN(C6CCC(=O)NC6=O)C7=O)CC5)CC4)cc3)n[nH]2)C1. The second-order valence-corrected chi connectivity index (χ2v) is 17.7. The van der Waals surface area contributed by atoms with Crippen molar-refractivity contribution in [2.45, 2.75) is 89.1 Å². The van der Waals surface area contributed by atoms with Crippen molar-refractivity contribution >= 4 is 57.2 Å². The van der Waals surface area contributed by atoms with E-state index in [0.717, 1.165) is 101 Å². The average Bonchev–Trinajstić information content (AvgIpc) is 3.97. The number of rotatable bonds is 11. The van der Waals surface area contributed by atoms with Crippen molar-refractivity contribution in [3.05, 3.63) is 70.9 Å². The molecule has 8 rings (SSSR count). The number of fused-ring (bicyclic) bond motifs is 1. The highest BCUT2D eigenvalue weighted by Crippen LogP contribution is 2.37. The summed E-state index contributed by atoms with van der Waals surface area (Å²) in [5.74, 6) is 0.332. The van der Waals surface area contributed by atoms with E-state index in [9.17, 15) is 24.0 Å². The number of alkyl carbamates (subject to hydrolysis) is 1. The van der Waals surface area contributed by atoms with Gasteiger partial charge in [0.25, 0.3) is 11.8 Å². The second kappa shape index (κ2) is 17.6. The first-order valence-corrected chi connectivity index (χ1v) is 21.7. The Labute approximate surface area is 348 Å². The molecule has 5 aliphatic rings. The van der Waals surface area contributed by atoms with Gasteiger partial charge in [-0.2, -0.15) is 5.10 Å². The van der Waals surface area contributed by atoms with Crippen LogP contribution in [0.1, 0.15) is 96.3 Å². The fraction of sp³-hybridized carbons (Fsp3) is 0.535. The number of amides is 5. The molecule has 0 spiro atoms. The molecule has 1 aromatic heterocycles. The highest BCUT2D eigenvalue weighted by Gasteiger charge is 2.39. The van der Waals surface area contributed by atoms with Crippen molar-refractivity contribution in [1.29, 1.82) is 0 Å². The number of hydrogen-bond acceptors (Lipinski definition) is 10. The summed E-state index contributed by atoms with van der Waals surface area (Å²) in [6, 6.07) is 15.1. The predicted molar refractivity (Wildman–Crippen MR) is 223 cm³/mol. The Kier molecular flexibility index (Phi) is 12.1. The highest BCUT2D eigenvalue weighted by molar-refractivity contribution is 6.12. The van der Waals surface area contributed by atoms with Crippen LogP contribution in [0.2, 0.25) is 0 Å². The molecular formula is C43H54N9O6Si. The van der Waals surface area contributed by atoms with Gasteiger partial charge in [-0.3, -0.25) is 34.5 Å². The molecule has 5 amide bonds. The molecule has 15 nitrogen and oxygen atoms in total. The Balaban J connectivity index is 0.752. The van der Waals surface area contributed by atoms with E-state index in [-0.39, 0.29) is 59.7 Å². The van der Waals surface area contributed by atoms with E-state index in [4.69, 9.17) is 4.74 Å². The first-order chi connectivity index (χ1) is 28.5. The fourth-order valence-corrected chi connectivity index (χ4v) is 9.77. The lowest BCUT2D eigenvalue weighted by molar-refractivity contribution is -0.136. The number of benzene rings is 2. The third-order valence-corrected chi connectivity index (χ3v) is 13.4. The third kappa shape index (κ3) is 9.33. The topological polar surface area (TPSA) is 172 Å². The molecule has 2 unspecified atom stereocenters. The van der Waals surface area contributed by atoms with Gasteiger partial charge in [0.2, 0.25) is 11.8 Å². The molecule has 16 heteroatoms. The van der Waals surface area contributed by atoms with Gasteiger partial charge < -0.3 is 30.1 Å². The molecule has 1 saturated carbocycles. The van der Waals surface area contributed by atoms with Gasteiger partial charge in [-0.05, 0) is 118 Å². The summed E-state index contributed by atoms with van der Waals surface area (Å²) < 4.78 is 5.59. The summed E-state index contributed by atoms with van der Waals surface area (Å²) in [4.78, 5) is 71.4. The summed E-state index contributed by atoms with van der Waals surface area (Å²) in [5, 5.41) is 15.5. The maximum atomic E-state index is 13.1. The van der Waals surface area contributed by atoms with Crippen LogP contribution in [0.5, 0.6) is 0 Å². The second-order valence-electron chi connectivity index (χ2n) is 17.0. The van der Waals surface area contributed by atoms with Crippen LogP contribution >= 0.6 is 0 Å². The molecule has 4 aliphatic heterocycles. The Bertz CT molecular complexity index is 2040. The normalized spacial score (nSPS) is 23.4. The summed E-state index contributed by atoms with van der Waals surface area (Å²) in [5.41, 5.74) is 5.24. The molecule has 4 fully saturated rings. The molecule has 4 N–H and O–H groups in total. The Morgan fingerprint density at radius 2 is 1.63 bits per heavy atom. The van der Waals surface area contributed by atoms with E-state index in [1.54, 1.807) is 4.90 Å². The van der Waals surface area contributed by atoms with E-state index in [0.29, 0.717) is 35.8 Å². The minimum atomic E-state index is -0.601. The van der Waals surface area contributed by atoms with Crippen LogP contribution in [0.4, 0.5) is 22.0 Å². The summed E-state index contributed by atoms with van der Waals surface area (Å²) in [6.45, 7) is 11.0. The van der Waals surface area contributed by atoms with Gasteiger partial charge in [-0.1, -0.05) is 0 Å². The number of piperazine rings is 1. The van der Waals surface area contributed by atoms with Crippen molar-refractivity contribution < 1.29 is 28.7 Å². The quantitative estimate of drug-likeness (QED) is 0.164. The van der Waals surface area contributed by atoms with Crippen LogP contribution in [0.25, 0.3) is 0 Å². The van der Waals surface area contributed by atoms with Crippen molar-refractivity contribution in [1.82, 2.24) is 30.6 Å². The van der Waals surface area contributed by atoms with Gasteiger partial charge in [0.05, 0.1) is 0 Å². The smallest absolute Gasteiger partial charge is 0.407 e. The molecule has 59 heavy (non-hydrogen) atoms. The van der Waals surface area contributed by atoms with Crippen LogP contribution in [-0.4, -0.2) is 124 Å². The lowest BCUT2D eigenvalue weighted by Crippen LogP contribution is -2.52. The number of aromatic amines is 1. The number of aromatic nitrogens is 2. The lowest BCUT2D eigenvalue weighted by atomic mass is 9.95. The zero-order valence-electron chi connectivity index (χ0n) is 33.9. The van der Waals surface area contributed by atoms with Gasteiger partial charge in [-0.25, -0.2) is 4.79 Å². The van der Waals surface area contributed by atoms with Gasteiger partial charge >= 0.3 is 6.09 Å². The number of nitrogens with zero attached hydrogens (tertiary/aromatic N) is 5. The number of carbonyl (C=O) groups excluding carboxylic acids is 5. The van der Waals surface area contributed by atoms with Crippen molar-refractivity contribution in [3.8, 4) is 0 Å². The van der Waals surface area contributed by atoms with Gasteiger partial charge in [0, 0.05) is 109 Å². The molecule has 5 heterocycles. The number of imide groups is 1. The van der Waals surface area contributed by atoms with E-state index in [1.165, 1.54) is 0 Å². The molecular weight excluding hydrogens is 767 g/mol. The number of H-pyrrole nitrogens is 1. The maximum absolute atomic E-state index is 13.1. The van der Waals surface area contributed by atoms with E-state index >= 15 is 0 Å². The predicted octanol–water partition coefficient (Wildman–Crippen LogP) is 3.97. The van der Waals surface area contributed by atoms with Gasteiger partial charge in [0.15, 0.2) is 5.82 Å². The van der Waals surface area contributed by atoms with Crippen LogP contribution < -0.4 is 25.8 Å². The zero-order chi connectivity index (χ0) is 41.2. The molecule has 1 aliphatic carbocycles. The van der Waals surface area contributed by atoms with Crippen molar-refractivity contribution in [2.24, 2.45) is 11.8 Å². The molecule has 311 valence electrons. The first-order valence-electron chi connectivity index (χ1n) is 21.1. The van der Waals surface area contributed by atoms with Crippen LogP contribution in [0.15, 0.2) is 48.5 Å². The van der Waals surface area contributed by atoms with Crippen molar-refractivity contribution in [2.75, 3.05) is 60.9 Å². The number of ether oxygens (including phenoxy) is 1. The lowest BCUT2D eigenvalue weighted by Gasteiger charge is -2.40. The fourth-order valence-electron chi connectivity index (χ4n) is 9.32. The standard InChI is InChI=1S/C43H54N9O6Si/c1-26(2)44-43(57)58-33-9-5-29(22-33)39(59)35-23-37(48-47-35)45-40(54)28-3-6-31(7-4-28)51-19-17-49(18-20-51)24-27-13-15-50(16-14-27)32-8-10-34-30(21-32)25-52(42(34)56)36-11-12-38(53)46-41(36)55/h3-4,6-8,10,21,23,26-27,29,33,36,39H,5,9,11-20,22,24-25H2,1-2H3,(H,44,57)(H,46,53,55)(H2,45,47,48,54)/t29?,33-,36?,39+/m1/s1. The molecule has 3 radical (unpaired) electrons. The summed E-state index contributed by atoms with van der Waals surface area (Å²) in [7, 11) is 3.87. The van der Waals surface area contributed by atoms with E-state index in [2.05, 4.69) is 57.2 Å². The van der Waals surface area contributed by atoms with Crippen LogP contribution in [-0.2, 0) is 20.9 Å². The molecule has 0 bridgehead atoms. The van der Waals surface area contributed by atoms with E-state index in [1.807, 2.05) is 56.3 Å². The van der Waals surface area contributed by atoms with Crippen LogP contribution in [0.3, 0.4) is 0 Å². The monoisotopic (exact) mass is 820 g/mol. The summed E-state index contributed by atoms with van der Waals surface area (Å²) in [6.07, 6.45) is 4.81. The molecule has 3 saturated heterocycles. The van der Waals surface area contributed by atoms with E-state index < -0.39 is 6.04 Å².